The Morgan fingerprint density at radius 2 is 1.85 bits per heavy atom. The number of ether oxygens (including phenoxy) is 1. The number of hydrogen-bond donors (Lipinski definition) is 1. The number of halogens is 2. The van der Waals surface area contributed by atoms with Crippen LogP contribution >= 0.6 is 43.6 Å². The lowest BCUT2D eigenvalue weighted by Gasteiger charge is -2.10. The summed E-state index contributed by atoms with van der Waals surface area (Å²) in [7, 11) is 1.60. The molecule has 3 aromatic carbocycles. The standard InChI is InChI=1S/C24H19Br2N5O2S/c1-33-21-12-7-16(13-20(21)26)14-27-28-22(32)15-34-24-30-29-23(17-5-3-2-4-6-17)31(24)19-10-8-18(25)9-11-19/h2-14H,15H2,1H3,(H,28,32)/b27-14-. The third kappa shape index (κ3) is 5.94. The van der Waals surface area contributed by atoms with E-state index in [1.54, 1.807) is 13.3 Å². The molecule has 1 N–H and O–H groups in total. The van der Waals surface area contributed by atoms with Crippen molar-refractivity contribution in [2.75, 3.05) is 12.9 Å². The number of methoxy groups -OCH3 is 1. The monoisotopic (exact) mass is 599 g/mol. The molecule has 0 saturated carbocycles. The zero-order valence-electron chi connectivity index (χ0n) is 18.0. The molecule has 7 nitrogen and oxygen atoms in total. The van der Waals surface area contributed by atoms with Crippen molar-refractivity contribution in [3.05, 3.63) is 87.3 Å². The molecule has 4 rings (SSSR count). The van der Waals surface area contributed by atoms with Crippen molar-refractivity contribution >= 4 is 55.7 Å². The quantitative estimate of drug-likeness (QED) is 0.159. The number of carbonyl (C=O) groups excluding carboxylic acids is 1. The van der Waals surface area contributed by atoms with Crippen LogP contribution in [0.3, 0.4) is 0 Å². The van der Waals surface area contributed by atoms with Crippen LogP contribution in [0.2, 0.25) is 0 Å². The van der Waals surface area contributed by atoms with Gasteiger partial charge in [-0.05, 0) is 64.0 Å². The predicted molar refractivity (Wildman–Crippen MR) is 142 cm³/mol. The van der Waals surface area contributed by atoms with Crippen LogP contribution in [-0.2, 0) is 4.79 Å². The van der Waals surface area contributed by atoms with Crippen molar-refractivity contribution in [3.63, 3.8) is 0 Å². The molecule has 0 unspecified atom stereocenters. The number of thioether (sulfide) groups is 1. The highest BCUT2D eigenvalue weighted by Crippen LogP contribution is 2.28. The van der Waals surface area contributed by atoms with Gasteiger partial charge in [0.15, 0.2) is 11.0 Å². The Balaban J connectivity index is 1.47. The Labute approximate surface area is 217 Å². The smallest absolute Gasteiger partial charge is 0.250 e. The lowest BCUT2D eigenvalue weighted by molar-refractivity contribution is -0.118. The van der Waals surface area contributed by atoms with E-state index in [2.05, 4.69) is 52.6 Å². The van der Waals surface area contributed by atoms with Crippen LogP contribution in [0.1, 0.15) is 5.56 Å². The van der Waals surface area contributed by atoms with E-state index < -0.39 is 0 Å². The van der Waals surface area contributed by atoms with Gasteiger partial charge < -0.3 is 4.74 Å². The fourth-order valence-corrected chi connectivity index (χ4v) is 4.63. The molecule has 0 atom stereocenters. The minimum Gasteiger partial charge on any atom is -0.496 e. The molecule has 0 bridgehead atoms. The molecule has 0 spiro atoms. The first kappa shape index (κ1) is 24.2. The van der Waals surface area contributed by atoms with Crippen LogP contribution in [0, 0.1) is 0 Å². The van der Waals surface area contributed by atoms with Gasteiger partial charge in [-0.25, -0.2) is 5.43 Å². The van der Waals surface area contributed by atoms with Gasteiger partial charge in [-0.2, -0.15) is 5.10 Å². The molecular weight excluding hydrogens is 582 g/mol. The minimum absolute atomic E-state index is 0.132. The van der Waals surface area contributed by atoms with Gasteiger partial charge in [0.05, 0.1) is 23.5 Å². The fourth-order valence-electron chi connectivity index (χ4n) is 3.06. The Kier molecular flexibility index (Phi) is 8.15. The number of rotatable bonds is 8. The molecule has 1 amide bonds. The highest BCUT2D eigenvalue weighted by molar-refractivity contribution is 9.10. The van der Waals surface area contributed by atoms with E-state index in [1.165, 1.54) is 11.8 Å². The average Bonchev–Trinajstić information content (AvgIpc) is 3.28. The van der Waals surface area contributed by atoms with E-state index in [0.717, 1.165) is 31.5 Å². The van der Waals surface area contributed by atoms with Gasteiger partial charge in [-0.1, -0.05) is 58.0 Å². The van der Waals surface area contributed by atoms with Crippen LogP contribution in [0.5, 0.6) is 5.75 Å². The second-order valence-corrected chi connectivity index (χ2v) is 9.67. The molecule has 10 heteroatoms. The number of nitrogens with zero attached hydrogens (tertiary/aromatic N) is 4. The van der Waals surface area contributed by atoms with Crippen LogP contribution in [0.4, 0.5) is 0 Å². The highest BCUT2D eigenvalue weighted by Gasteiger charge is 2.17. The molecular formula is C24H19Br2N5O2S. The SMILES string of the molecule is COc1ccc(/C=N\NC(=O)CSc2nnc(-c3ccccc3)n2-c2ccc(Br)cc2)cc1Br. The molecule has 0 aliphatic heterocycles. The maximum absolute atomic E-state index is 12.4. The van der Waals surface area contributed by atoms with Crippen molar-refractivity contribution in [1.29, 1.82) is 0 Å². The number of hydrogen-bond acceptors (Lipinski definition) is 6. The molecule has 172 valence electrons. The fraction of sp³-hybridized carbons (Fsp3) is 0.0833. The normalized spacial score (nSPS) is 11.0. The number of aromatic nitrogens is 3. The van der Waals surface area contributed by atoms with Crippen molar-refractivity contribution in [3.8, 4) is 22.8 Å². The van der Waals surface area contributed by atoms with Crippen molar-refractivity contribution in [2.45, 2.75) is 5.16 Å². The van der Waals surface area contributed by atoms with Crippen LogP contribution < -0.4 is 10.2 Å². The molecule has 0 fully saturated rings. The van der Waals surface area contributed by atoms with Crippen molar-refractivity contribution < 1.29 is 9.53 Å². The number of carbonyl (C=O) groups is 1. The Morgan fingerprint density at radius 1 is 1.09 bits per heavy atom. The second-order valence-electron chi connectivity index (χ2n) is 6.96. The molecule has 0 aliphatic carbocycles. The van der Waals surface area contributed by atoms with Gasteiger partial charge in [0.1, 0.15) is 5.75 Å². The molecule has 4 aromatic rings. The summed E-state index contributed by atoms with van der Waals surface area (Å²) in [4.78, 5) is 12.4. The van der Waals surface area contributed by atoms with Gasteiger partial charge in [-0.3, -0.25) is 9.36 Å². The van der Waals surface area contributed by atoms with Gasteiger partial charge in [0.2, 0.25) is 0 Å². The van der Waals surface area contributed by atoms with E-state index in [4.69, 9.17) is 4.74 Å². The van der Waals surface area contributed by atoms with E-state index in [1.807, 2.05) is 77.4 Å². The lowest BCUT2D eigenvalue weighted by atomic mass is 10.2. The number of amides is 1. The van der Waals surface area contributed by atoms with Gasteiger partial charge in [0, 0.05) is 15.7 Å². The summed E-state index contributed by atoms with van der Waals surface area (Å²) in [6, 6.07) is 23.2. The maximum Gasteiger partial charge on any atom is 0.250 e. The summed E-state index contributed by atoms with van der Waals surface area (Å²) in [5.74, 6) is 1.31. The zero-order chi connectivity index (χ0) is 23.9. The first-order chi connectivity index (χ1) is 16.5. The zero-order valence-corrected chi connectivity index (χ0v) is 22.0. The van der Waals surface area contributed by atoms with E-state index >= 15 is 0 Å². The summed E-state index contributed by atoms with van der Waals surface area (Å²) < 4.78 is 8.94. The third-order valence-electron chi connectivity index (χ3n) is 4.66. The van der Waals surface area contributed by atoms with Crippen LogP contribution in [-0.4, -0.2) is 39.7 Å². The van der Waals surface area contributed by atoms with Crippen molar-refractivity contribution in [2.24, 2.45) is 5.10 Å². The summed E-state index contributed by atoms with van der Waals surface area (Å²) in [5.41, 5.74) is 5.21. The second kappa shape index (κ2) is 11.5. The first-order valence-electron chi connectivity index (χ1n) is 10.1. The summed E-state index contributed by atoms with van der Waals surface area (Å²) in [5, 5.41) is 13.4. The number of benzene rings is 3. The highest BCUT2D eigenvalue weighted by atomic mass is 79.9. The Bertz CT molecular complexity index is 1310. The Hall–Kier alpha value is -2.95. The largest absolute Gasteiger partial charge is 0.496 e. The lowest BCUT2D eigenvalue weighted by Crippen LogP contribution is -2.20. The first-order valence-corrected chi connectivity index (χ1v) is 12.7. The van der Waals surface area contributed by atoms with E-state index in [0.29, 0.717) is 11.0 Å². The molecule has 0 radical (unpaired) electrons. The molecule has 1 heterocycles. The van der Waals surface area contributed by atoms with E-state index in [9.17, 15) is 4.79 Å². The number of hydrazone groups is 1. The summed E-state index contributed by atoms with van der Waals surface area (Å²) in [6.07, 6.45) is 1.57. The number of nitrogens with one attached hydrogen (secondary N) is 1. The average molecular weight is 601 g/mol. The molecule has 1 aromatic heterocycles. The predicted octanol–water partition coefficient (Wildman–Crippen LogP) is 5.71. The van der Waals surface area contributed by atoms with Gasteiger partial charge in [-0.15, -0.1) is 10.2 Å². The Morgan fingerprint density at radius 3 is 2.56 bits per heavy atom. The molecule has 0 saturated heterocycles. The minimum atomic E-state index is -0.250. The maximum atomic E-state index is 12.4. The molecule has 0 aliphatic rings. The summed E-state index contributed by atoms with van der Waals surface area (Å²) in [6.45, 7) is 0. The molecule has 34 heavy (non-hydrogen) atoms. The summed E-state index contributed by atoms with van der Waals surface area (Å²) >= 11 is 8.19. The van der Waals surface area contributed by atoms with Gasteiger partial charge >= 0.3 is 0 Å². The van der Waals surface area contributed by atoms with E-state index in [-0.39, 0.29) is 11.7 Å². The van der Waals surface area contributed by atoms with Crippen LogP contribution in [0.15, 0.2) is 92.0 Å². The van der Waals surface area contributed by atoms with Crippen molar-refractivity contribution in [1.82, 2.24) is 20.2 Å². The van der Waals surface area contributed by atoms with Crippen LogP contribution in [0.25, 0.3) is 17.1 Å². The van der Waals surface area contributed by atoms with Gasteiger partial charge in [0.25, 0.3) is 5.91 Å². The third-order valence-corrected chi connectivity index (χ3v) is 6.74. The topological polar surface area (TPSA) is 81.4 Å².